The molecule has 1 fully saturated rings. The third-order valence-corrected chi connectivity index (χ3v) is 4.03. The van der Waals surface area contributed by atoms with Gasteiger partial charge in [0.25, 0.3) is 0 Å². The average molecular weight is 306 g/mol. The third kappa shape index (κ3) is 4.80. The Morgan fingerprint density at radius 3 is 2.86 bits per heavy atom. The number of carbonyl (C=O) groups is 1. The molecule has 2 atom stereocenters. The summed E-state index contributed by atoms with van der Waals surface area (Å²) in [6, 6.07) is 10.2. The van der Waals surface area contributed by atoms with Crippen molar-refractivity contribution in [3.05, 3.63) is 35.9 Å². The van der Waals surface area contributed by atoms with Gasteiger partial charge in [-0.25, -0.2) is 0 Å². The Bertz CT molecular complexity index is 446. The van der Waals surface area contributed by atoms with Crippen LogP contribution in [-0.2, 0) is 14.3 Å². The molecule has 1 aromatic rings. The van der Waals surface area contributed by atoms with Gasteiger partial charge in [-0.05, 0) is 12.5 Å². The van der Waals surface area contributed by atoms with Crippen molar-refractivity contribution in [2.24, 2.45) is 0 Å². The summed E-state index contributed by atoms with van der Waals surface area (Å²) in [7, 11) is 1.66. The van der Waals surface area contributed by atoms with E-state index in [9.17, 15) is 4.79 Å². The second-order valence-electron chi connectivity index (χ2n) is 5.60. The number of amides is 1. The van der Waals surface area contributed by atoms with E-state index in [2.05, 4.69) is 24.4 Å². The molecule has 0 saturated carbocycles. The molecule has 1 saturated heterocycles. The largest absolute Gasteiger partial charge is 0.383 e. The molecule has 0 spiro atoms. The fraction of sp³-hybridized carbons (Fsp3) is 0.588. The lowest BCUT2D eigenvalue weighted by atomic mass is 10.1. The highest BCUT2D eigenvalue weighted by atomic mass is 16.5. The highest BCUT2D eigenvalue weighted by Gasteiger charge is 2.25. The maximum atomic E-state index is 12.7. The van der Waals surface area contributed by atoms with E-state index in [4.69, 9.17) is 9.47 Å². The summed E-state index contributed by atoms with van der Waals surface area (Å²) in [6.45, 7) is 5.33. The van der Waals surface area contributed by atoms with Gasteiger partial charge in [0.15, 0.2) is 0 Å². The van der Waals surface area contributed by atoms with Gasteiger partial charge in [0.1, 0.15) is 0 Å². The molecule has 1 aromatic carbocycles. The standard InChI is InChI=1S/C17H26N2O3/c1-14(15-6-4-3-5-7-15)19(9-11-21-2)17(20)12-16-13-22-10-8-18-16/h3-7,14,16,18H,8-13H2,1-2H3. The van der Waals surface area contributed by atoms with Gasteiger partial charge in [0.2, 0.25) is 5.91 Å². The van der Waals surface area contributed by atoms with Gasteiger partial charge in [-0.2, -0.15) is 0 Å². The number of hydrogen-bond acceptors (Lipinski definition) is 4. The Balaban J connectivity index is 2.02. The predicted octanol–water partition coefficient (Wildman–Crippen LogP) is 1.60. The number of hydrogen-bond donors (Lipinski definition) is 1. The summed E-state index contributed by atoms with van der Waals surface area (Å²) >= 11 is 0. The number of benzene rings is 1. The molecule has 0 aromatic heterocycles. The highest BCUT2D eigenvalue weighted by molar-refractivity contribution is 5.77. The lowest BCUT2D eigenvalue weighted by Gasteiger charge is -2.32. The smallest absolute Gasteiger partial charge is 0.224 e. The maximum Gasteiger partial charge on any atom is 0.224 e. The topological polar surface area (TPSA) is 50.8 Å². The summed E-state index contributed by atoms with van der Waals surface area (Å²) in [5.41, 5.74) is 1.14. The number of nitrogens with zero attached hydrogens (tertiary/aromatic N) is 1. The second-order valence-corrected chi connectivity index (χ2v) is 5.60. The first-order valence-corrected chi connectivity index (χ1v) is 7.87. The first kappa shape index (κ1) is 16.9. The number of rotatable bonds is 7. The van der Waals surface area contributed by atoms with Crippen LogP contribution in [0, 0.1) is 0 Å². The molecule has 2 unspecified atom stereocenters. The third-order valence-electron chi connectivity index (χ3n) is 4.03. The Kier molecular flexibility index (Phi) is 6.83. The van der Waals surface area contributed by atoms with Gasteiger partial charge < -0.3 is 19.7 Å². The van der Waals surface area contributed by atoms with Crippen LogP contribution in [0.2, 0.25) is 0 Å². The molecule has 5 nitrogen and oxygen atoms in total. The van der Waals surface area contributed by atoms with Gasteiger partial charge in [-0.15, -0.1) is 0 Å². The number of carbonyl (C=O) groups excluding carboxylic acids is 1. The fourth-order valence-corrected chi connectivity index (χ4v) is 2.71. The zero-order valence-electron chi connectivity index (χ0n) is 13.5. The van der Waals surface area contributed by atoms with Gasteiger partial charge in [0, 0.05) is 32.7 Å². The molecule has 1 heterocycles. The van der Waals surface area contributed by atoms with Crippen molar-refractivity contribution in [1.82, 2.24) is 10.2 Å². The van der Waals surface area contributed by atoms with Gasteiger partial charge in [-0.3, -0.25) is 4.79 Å². The van der Waals surface area contributed by atoms with Crippen LogP contribution in [0.5, 0.6) is 0 Å². The van der Waals surface area contributed by atoms with Crippen molar-refractivity contribution in [3.63, 3.8) is 0 Å². The zero-order chi connectivity index (χ0) is 15.8. The number of nitrogens with one attached hydrogen (secondary N) is 1. The molecule has 1 aliphatic rings. The molecule has 2 rings (SSSR count). The van der Waals surface area contributed by atoms with Crippen LogP contribution in [0.4, 0.5) is 0 Å². The number of morpholine rings is 1. The van der Waals surface area contributed by atoms with Gasteiger partial charge >= 0.3 is 0 Å². The molecule has 0 bridgehead atoms. The molecule has 0 aliphatic carbocycles. The average Bonchev–Trinajstić information content (AvgIpc) is 2.56. The van der Waals surface area contributed by atoms with Crippen LogP contribution >= 0.6 is 0 Å². The van der Waals surface area contributed by atoms with Crippen LogP contribution < -0.4 is 5.32 Å². The monoisotopic (exact) mass is 306 g/mol. The maximum absolute atomic E-state index is 12.7. The van der Waals surface area contributed by atoms with Crippen molar-refractivity contribution < 1.29 is 14.3 Å². The van der Waals surface area contributed by atoms with E-state index in [1.165, 1.54) is 0 Å². The normalized spacial score (nSPS) is 19.6. The quantitative estimate of drug-likeness (QED) is 0.831. The first-order chi connectivity index (χ1) is 10.7. The minimum atomic E-state index is 0.0355. The molecule has 122 valence electrons. The lowest BCUT2D eigenvalue weighted by Crippen LogP contribution is -2.46. The van der Waals surface area contributed by atoms with Crippen molar-refractivity contribution in [2.75, 3.05) is 40.0 Å². The molecular weight excluding hydrogens is 280 g/mol. The molecule has 1 aliphatic heterocycles. The van der Waals surface area contributed by atoms with E-state index in [1.54, 1.807) is 7.11 Å². The summed E-state index contributed by atoms with van der Waals surface area (Å²) in [4.78, 5) is 14.6. The van der Waals surface area contributed by atoms with E-state index in [-0.39, 0.29) is 18.0 Å². The minimum absolute atomic E-state index is 0.0355. The summed E-state index contributed by atoms with van der Waals surface area (Å²) in [6.07, 6.45) is 0.459. The second kappa shape index (κ2) is 8.88. The Morgan fingerprint density at radius 2 is 2.23 bits per heavy atom. The van der Waals surface area contributed by atoms with E-state index in [0.717, 1.165) is 18.7 Å². The van der Waals surface area contributed by atoms with Gasteiger partial charge in [-0.1, -0.05) is 30.3 Å². The van der Waals surface area contributed by atoms with Crippen LogP contribution in [0.1, 0.15) is 24.9 Å². The fourth-order valence-electron chi connectivity index (χ4n) is 2.71. The summed E-state index contributed by atoms with van der Waals surface area (Å²) in [5.74, 6) is 0.136. The molecular formula is C17H26N2O3. The van der Waals surface area contributed by atoms with Crippen LogP contribution in [0.3, 0.4) is 0 Å². The molecule has 0 radical (unpaired) electrons. The van der Waals surface area contributed by atoms with Crippen LogP contribution in [0.25, 0.3) is 0 Å². The van der Waals surface area contributed by atoms with E-state index in [1.807, 2.05) is 23.1 Å². The molecule has 5 heteroatoms. The van der Waals surface area contributed by atoms with Crippen molar-refractivity contribution >= 4 is 5.91 Å². The van der Waals surface area contributed by atoms with Crippen LogP contribution in [0.15, 0.2) is 30.3 Å². The number of ether oxygens (including phenoxy) is 2. The van der Waals surface area contributed by atoms with E-state index in [0.29, 0.717) is 26.2 Å². The molecule has 22 heavy (non-hydrogen) atoms. The SMILES string of the molecule is COCCN(C(=O)CC1COCCN1)C(C)c1ccccc1. The first-order valence-electron chi connectivity index (χ1n) is 7.87. The zero-order valence-corrected chi connectivity index (χ0v) is 13.5. The predicted molar refractivity (Wildman–Crippen MR) is 85.7 cm³/mol. The Hall–Kier alpha value is -1.43. The minimum Gasteiger partial charge on any atom is -0.383 e. The van der Waals surface area contributed by atoms with Crippen molar-refractivity contribution in [3.8, 4) is 0 Å². The summed E-state index contributed by atoms with van der Waals surface area (Å²) < 4.78 is 10.6. The van der Waals surface area contributed by atoms with Crippen molar-refractivity contribution in [1.29, 1.82) is 0 Å². The Morgan fingerprint density at radius 1 is 1.45 bits per heavy atom. The molecule has 1 amide bonds. The number of methoxy groups -OCH3 is 1. The van der Waals surface area contributed by atoms with Gasteiger partial charge in [0.05, 0.1) is 25.9 Å². The Labute approximate surface area is 132 Å². The lowest BCUT2D eigenvalue weighted by molar-refractivity contribution is -0.135. The molecule has 1 N–H and O–H groups in total. The van der Waals surface area contributed by atoms with Crippen LogP contribution in [-0.4, -0.2) is 56.9 Å². The highest BCUT2D eigenvalue weighted by Crippen LogP contribution is 2.21. The van der Waals surface area contributed by atoms with E-state index >= 15 is 0 Å². The summed E-state index contributed by atoms with van der Waals surface area (Å²) in [5, 5.41) is 3.34. The van der Waals surface area contributed by atoms with E-state index < -0.39 is 0 Å². The van der Waals surface area contributed by atoms with Crippen molar-refractivity contribution in [2.45, 2.75) is 25.4 Å².